The lowest BCUT2D eigenvalue weighted by molar-refractivity contribution is -0.117. The minimum absolute atomic E-state index is 0.0145. The first-order chi connectivity index (χ1) is 6.37. The topological polar surface area (TPSA) is 32.3 Å². The molecule has 1 N–H and O–H groups in total. The van der Waals surface area contributed by atoms with E-state index in [1.54, 1.807) is 12.2 Å². The van der Waals surface area contributed by atoms with Gasteiger partial charge in [-0.1, -0.05) is 19.9 Å². The van der Waals surface area contributed by atoms with Crippen LogP contribution in [0.15, 0.2) is 12.2 Å². The second-order valence-corrected chi connectivity index (χ2v) is 4.62. The molecule has 14 heavy (non-hydrogen) atoms. The molecule has 3 heteroatoms. The van der Waals surface area contributed by atoms with Crippen LogP contribution in [-0.4, -0.2) is 38.0 Å². The van der Waals surface area contributed by atoms with Gasteiger partial charge in [0.15, 0.2) is 0 Å². The standard InChI is InChI=1S/C11H22N2O/c1-6-7-10(14)12-8-11(2,3)9-13(4)5/h6-7H,8-9H2,1-5H3,(H,12,14)/b7-6+. The number of rotatable bonds is 5. The lowest BCUT2D eigenvalue weighted by Crippen LogP contribution is -2.39. The van der Waals surface area contributed by atoms with Gasteiger partial charge in [-0.05, 0) is 32.5 Å². The maximum atomic E-state index is 11.2. The van der Waals surface area contributed by atoms with Crippen molar-refractivity contribution in [2.45, 2.75) is 20.8 Å². The summed E-state index contributed by atoms with van der Waals surface area (Å²) < 4.78 is 0. The summed E-state index contributed by atoms with van der Waals surface area (Å²) in [6.07, 6.45) is 3.29. The van der Waals surface area contributed by atoms with Crippen molar-refractivity contribution in [3.63, 3.8) is 0 Å². The summed E-state index contributed by atoms with van der Waals surface area (Å²) in [7, 11) is 4.07. The first kappa shape index (κ1) is 13.2. The molecule has 0 fully saturated rings. The smallest absolute Gasteiger partial charge is 0.243 e. The Morgan fingerprint density at radius 3 is 2.43 bits per heavy atom. The van der Waals surface area contributed by atoms with Gasteiger partial charge >= 0.3 is 0 Å². The Bertz CT molecular complexity index is 207. The minimum atomic E-state index is -0.0145. The second kappa shape index (κ2) is 5.81. The highest BCUT2D eigenvalue weighted by molar-refractivity contribution is 5.87. The predicted octanol–water partition coefficient (Wildman–Crippen LogP) is 1.27. The van der Waals surface area contributed by atoms with Crippen LogP contribution in [0.1, 0.15) is 20.8 Å². The van der Waals surface area contributed by atoms with E-state index in [1.807, 2.05) is 21.0 Å². The molecule has 0 aromatic rings. The van der Waals surface area contributed by atoms with Crippen molar-refractivity contribution in [2.24, 2.45) is 5.41 Å². The van der Waals surface area contributed by atoms with Gasteiger partial charge in [-0.25, -0.2) is 0 Å². The monoisotopic (exact) mass is 198 g/mol. The summed E-state index contributed by atoms with van der Waals surface area (Å²) in [5, 5.41) is 2.88. The molecular formula is C11H22N2O. The van der Waals surface area contributed by atoms with Crippen LogP contribution in [0.2, 0.25) is 0 Å². The summed E-state index contributed by atoms with van der Waals surface area (Å²) in [5.74, 6) is -0.0145. The van der Waals surface area contributed by atoms with Crippen LogP contribution in [0.4, 0.5) is 0 Å². The number of nitrogens with zero attached hydrogens (tertiary/aromatic N) is 1. The van der Waals surface area contributed by atoms with Crippen LogP contribution in [-0.2, 0) is 4.79 Å². The molecular weight excluding hydrogens is 176 g/mol. The molecule has 3 nitrogen and oxygen atoms in total. The molecule has 0 bridgehead atoms. The molecule has 82 valence electrons. The number of hydrogen-bond acceptors (Lipinski definition) is 2. The largest absolute Gasteiger partial charge is 0.352 e. The molecule has 0 atom stereocenters. The number of carbonyl (C=O) groups is 1. The van der Waals surface area contributed by atoms with Gasteiger partial charge in [0.2, 0.25) is 5.91 Å². The van der Waals surface area contributed by atoms with Gasteiger partial charge in [0, 0.05) is 13.1 Å². The molecule has 0 saturated heterocycles. The molecule has 0 heterocycles. The van der Waals surface area contributed by atoms with E-state index >= 15 is 0 Å². The highest BCUT2D eigenvalue weighted by Gasteiger charge is 2.18. The van der Waals surface area contributed by atoms with Gasteiger partial charge in [-0.2, -0.15) is 0 Å². The van der Waals surface area contributed by atoms with Gasteiger partial charge in [-0.3, -0.25) is 4.79 Å². The van der Waals surface area contributed by atoms with E-state index < -0.39 is 0 Å². The Balaban J connectivity index is 3.92. The Labute approximate surface area is 87.2 Å². The van der Waals surface area contributed by atoms with Crippen molar-refractivity contribution in [3.05, 3.63) is 12.2 Å². The number of allylic oxidation sites excluding steroid dienone is 1. The molecule has 0 aromatic carbocycles. The molecule has 0 aliphatic rings. The third-order valence-corrected chi connectivity index (χ3v) is 1.80. The van der Waals surface area contributed by atoms with Crippen LogP contribution in [0, 0.1) is 5.41 Å². The number of nitrogens with one attached hydrogen (secondary N) is 1. The molecule has 0 aliphatic heterocycles. The van der Waals surface area contributed by atoms with Gasteiger partial charge in [0.1, 0.15) is 0 Å². The summed E-state index contributed by atoms with van der Waals surface area (Å²) in [6, 6.07) is 0. The average Bonchev–Trinajstić information content (AvgIpc) is 1.99. The number of carbonyl (C=O) groups excluding carboxylic acids is 1. The molecule has 1 amide bonds. The maximum absolute atomic E-state index is 11.2. The fourth-order valence-corrected chi connectivity index (χ4v) is 1.45. The summed E-state index contributed by atoms with van der Waals surface area (Å²) in [4.78, 5) is 13.3. The number of amides is 1. The molecule has 0 aromatic heterocycles. The molecule has 0 rings (SSSR count). The Hall–Kier alpha value is -0.830. The van der Waals surface area contributed by atoms with E-state index in [2.05, 4.69) is 24.1 Å². The van der Waals surface area contributed by atoms with Crippen LogP contribution in [0.5, 0.6) is 0 Å². The normalized spacial score (nSPS) is 12.4. The van der Waals surface area contributed by atoms with Crippen molar-refractivity contribution in [1.29, 1.82) is 0 Å². The van der Waals surface area contributed by atoms with E-state index in [0.29, 0.717) is 6.54 Å². The van der Waals surface area contributed by atoms with Gasteiger partial charge in [0.25, 0.3) is 0 Å². The average molecular weight is 198 g/mol. The maximum Gasteiger partial charge on any atom is 0.243 e. The second-order valence-electron chi connectivity index (χ2n) is 4.62. The SMILES string of the molecule is C/C=C/C(=O)NCC(C)(C)CN(C)C. The number of hydrogen-bond donors (Lipinski definition) is 1. The minimum Gasteiger partial charge on any atom is -0.352 e. The van der Waals surface area contributed by atoms with Gasteiger partial charge < -0.3 is 10.2 Å². The van der Waals surface area contributed by atoms with Crippen molar-refractivity contribution in [1.82, 2.24) is 10.2 Å². The van der Waals surface area contributed by atoms with Crippen molar-refractivity contribution >= 4 is 5.91 Å². The van der Waals surface area contributed by atoms with Crippen LogP contribution < -0.4 is 5.32 Å². The van der Waals surface area contributed by atoms with Crippen LogP contribution >= 0.6 is 0 Å². The zero-order chi connectivity index (χ0) is 11.2. The van der Waals surface area contributed by atoms with E-state index in [4.69, 9.17) is 0 Å². The zero-order valence-corrected chi connectivity index (χ0v) is 9.92. The highest BCUT2D eigenvalue weighted by atomic mass is 16.1. The summed E-state index contributed by atoms with van der Waals surface area (Å²) >= 11 is 0. The molecule has 0 unspecified atom stereocenters. The third kappa shape index (κ3) is 6.66. The van der Waals surface area contributed by atoms with E-state index in [9.17, 15) is 4.79 Å². The lowest BCUT2D eigenvalue weighted by atomic mass is 9.93. The van der Waals surface area contributed by atoms with Crippen LogP contribution in [0.25, 0.3) is 0 Å². The third-order valence-electron chi connectivity index (χ3n) is 1.80. The van der Waals surface area contributed by atoms with E-state index in [-0.39, 0.29) is 11.3 Å². The quantitative estimate of drug-likeness (QED) is 0.675. The van der Waals surface area contributed by atoms with Gasteiger partial charge in [0.05, 0.1) is 0 Å². The van der Waals surface area contributed by atoms with E-state index in [1.165, 1.54) is 0 Å². The predicted molar refractivity (Wildman–Crippen MR) is 60.2 cm³/mol. The Morgan fingerprint density at radius 2 is 2.00 bits per heavy atom. The Morgan fingerprint density at radius 1 is 1.43 bits per heavy atom. The van der Waals surface area contributed by atoms with Crippen molar-refractivity contribution in [3.8, 4) is 0 Å². The highest BCUT2D eigenvalue weighted by Crippen LogP contribution is 2.13. The van der Waals surface area contributed by atoms with Crippen molar-refractivity contribution < 1.29 is 4.79 Å². The fraction of sp³-hybridized carbons (Fsp3) is 0.727. The van der Waals surface area contributed by atoms with Crippen LogP contribution in [0.3, 0.4) is 0 Å². The molecule has 0 aliphatic carbocycles. The zero-order valence-electron chi connectivity index (χ0n) is 9.92. The lowest BCUT2D eigenvalue weighted by Gasteiger charge is -2.28. The summed E-state index contributed by atoms with van der Waals surface area (Å²) in [5.41, 5.74) is 0.112. The van der Waals surface area contributed by atoms with Crippen molar-refractivity contribution in [2.75, 3.05) is 27.2 Å². The first-order valence-electron chi connectivity index (χ1n) is 4.92. The first-order valence-corrected chi connectivity index (χ1v) is 4.92. The summed E-state index contributed by atoms with van der Waals surface area (Å²) in [6.45, 7) is 7.79. The van der Waals surface area contributed by atoms with Gasteiger partial charge in [-0.15, -0.1) is 0 Å². The van der Waals surface area contributed by atoms with E-state index in [0.717, 1.165) is 6.54 Å². The molecule has 0 spiro atoms. The molecule has 0 radical (unpaired) electrons. The Kier molecular flexibility index (Phi) is 5.46. The molecule has 0 saturated carbocycles. The fourth-order valence-electron chi connectivity index (χ4n) is 1.45.